The fraction of sp³-hybridized carbons (Fsp3) is 0.571. The van der Waals surface area contributed by atoms with Crippen LogP contribution in [0.4, 0.5) is 0 Å². The van der Waals surface area contributed by atoms with Gasteiger partial charge in [-0.3, -0.25) is 9.69 Å². The molecule has 0 bridgehead atoms. The van der Waals surface area contributed by atoms with Crippen molar-refractivity contribution >= 4 is 21.8 Å². The van der Waals surface area contributed by atoms with Gasteiger partial charge in [0, 0.05) is 11.6 Å². The van der Waals surface area contributed by atoms with Crippen molar-refractivity contribution in [2.24, 2.45) is 0 Å². The monoisotopic (exact) mass is 420 g/mol. The molecule has 0 radical (unpaired) electrons. The first kappa shape index (κ1) is 20.2. The Morgan fingerprint density at radius 3 is 2.79 bits per heavy atom. The number of hydrogen-bond donors (Lipinski definition) is 1. The third-order valence-electron chi connectivity index (χ3n) is 5.80. The predicted octanol–water partition coefficient (Wildman–Crippen LogP) is 1.63. The molecule has 158 valence electrons. The van der Waals surface area contributed by atoms with Gasteiger partial charge >= 0.3 is 0 Å². The third-order valence-corrected chi connectivity index (χ3v) is 7.52. The van der Waals surface area contributed by atoms with E-state index in [1.807, 2.05) is 25.1 Å². The quantitative estimate of drug-likeness (QED) is 0.779. The summed E-state index contributed by atoms with van der Waals surface area (Å²) in [4.78, 5) is 15.1. The maximum absolute atomic E-state index is 12.9. The number of para-hydroxylation sites is 1. The van der Waals surface area contributed by atoms with E-state index in [1.54, 1.807) is 6.08 Å². The zero-order valence-electron chi connectivity index (χ0n) is 16.7. The van der Waals surface area contributed by atoms with Gasteiger partial charge in [0.15, 0.2) is 21.3 Å². The highest BCUT2D eigenvalue weighted by molar-refractivity contribution is 7.91. The number of nitrogens with zero attached hydrogens (tertiary/aromatic N) is 1. The van der Waals surface area contributed by atoms with Gasteiger partial charge in [0.25, 0.3) is 5.91 Å². The molecule has 2 atom stereocenters. The van der Waals surface area contributed by atoms with Crippen LogP contribution in [-0.2, 0) is 14.6 Å². The minimum absolute atomic E-state index is 0.000874. The summed E-state index contributed by atoms with van der Waals surface area (Å²) in [7, 11) is -3.15. The molecule has 1 N–H and O–H groups in total. The van der Waals surface area contributed by atoms with Gasteiger partial charge in [0.05, 0.1) is 29.7 Å². The molecular weight excluding hydrogens is 392 g/mol. The van der Waals surface area contributed by atoms with Crippen LogP contribution in [0.15, 0.2) is 23.8 Å². The van der Waals surface area contributed by atoms with E-state index in [4.69, 9.17) is 9.47 Å². The number of fused-ring (bicyclic) bond motifs is 1. The number of amides is 1. The average Bonchev–Trinajstić information content (AvgIpc) is 3.02. The molecule has 29 heavy (non-hydrogen) atoms. The lowest BCUT2D eigenvalue weighted by molar-refractivity contribution is -0.118. The molecule has 0 saturated carbocycles. The second-order valence-electron chi connectivity index (χ2n) is 7.89. The predicted molar refractivity (Wildman–Crippen MR) is 111 cm³/mol. The summed E-state index contributed by atoms with van der Waals surface area (Å²) < 4.78 is 36.0. The number of rotatable bonds is 5. The lowest BCUT2D eigenvalue weighted by atomic mass is 10.0. The molecule has 4 rings (SSSR count). The first-order valence-electron chi connectivity index (χ1n) is 10.3. The Labute approximate surface area is 172 Å². The topological polar surface area (TPSA) is 84.9 Å². The highest BCUT2D eigenvalue weighted by atomic mass is 32.2. The molecule has 1 amide bonds. The standard InChI is InChI=1S/C21H28N2O5S/c1-2-27-19-8-6-7-15-11-16(12-28-20(15)19)21(24)22-17-13-29(25,26)14-18(17)23-9-4-3-5-10-23/h6-8,11,17-18H,2-5,9-10,12-14H2,1H3,(H,22,24)/t17-,18-/m0/s1. The Balaban J connectivity index is 1.50. The maximum Gasteiger partial charge on any atom is 0.250 e. The number of piperidine rings is 1. The second kappa shape index (κ2) is 8.36. The molecule has 8 heteroatoms. The Morgan fingerprint density at radius 2 is 2.03 bits per heavy atom. The van der Waals surface area contributed by atoms with Crippen molar-refractivity contribution in [2.45, 2.75) is 38.3 Å². The SMILES string of the molecule is CCOc1cccc2c1OCC(C(=O)N[C@H]1CS(=O)(=O)C[C@@H]1N1CCCCC1)=C2. The van der Waals surface area contributed by atoms with Gasteiger partial charge in [0.1, 0.15) is 6.61 Å². The highest BCUT2D eigenvalue weighted by Gasteiger charge is 2.42. The minimum Gasteiger partial charge on any atom is -0.490 e. The molecule has 3 aliphatic rings. The summed E-state index contributed by atoms with van der Waals surface area (Å²) in [6, 6.07) is 5.05. The normalized spacial score (nSPS) is 26.2. The number of nitrogens with one attached hydrogen (secondary N) is 1. The smallest absolute Gasteiger partial charge is 0.250 e. The molecular formula is C21H28N2O5S. The third kappa shape index (κ3) is 4.43. The van der Waals surface area contributed by atoms with E-state index in [2.05, 4.69) is 10.2 Å². The fourth-order valence-corrected chi connectivity index (χ4v) is 6.37. The summed E-state index contributed by atoms with van der Waals surface area (Å²) in [6.45, 7) is 4.37. The number of carbonyl (C=O) groups is 1. The number of ether oxygens (including phenoxy) is 2. The molecule has 0 spiro atoms. The van der Waals surface area contributed by atoms with Crippen LogP contribution in [0.2, 0.25) is 0 Å². The van der Waals surface area contributed by atoms with Gasteiger partial charge in [-0.15, -0.1) is 0 Å². The fourth-order valence-electron chi connectivity index (χ4n) is 4.42. The largest absolute Gasteiger partial charge is 0.490 e. The Morgan fingerprint density at radius 1 is 1.24 bits per heavy atom. The molecule has 0 aliphatic carbocycles. The second-order valence-corrected chi connectivity index (χ2v) is 10.0. The zero-order chi connectivity index (χ0) is 20.4. The van der Waals surface area contributed by atoms with Crippen LogP contribution in [0.1, 0.15) is 31.7 Å². The van der Waals surface area contributed by atoms with E-state index in [0.29, 0.717) is 23.7 Å². The van der Waals surface area contributed by atoms with Gasteiger partial charge < -0.3 is 14.8 Å². The van der Waals surface area contributed by atoms with Crippen LogP contribution in [0.3, 0.4) is 0 Å². The van der Waals surface area contributed by atoms with Gasteiger partial charge in [-0.1, -0.05) is 18.6 Å². The molecule has 3 heterocycles. The number of likely N-dealkylation sites (tertiary alicyclic amines) is 1. The zero-order valence-corrected chi connectivity index (χ0v) is 17.5. The Bertz CT molecular complexity index is 906. The first-order valence-corrected chi connectivity index (χ1v) is 12.1. The van der Waals surface area contributed by atoms with Gasteiger partial charge in [-0.2, -0.15) is 0 Å². The van der Waals surface area contributed by atoms with Crippen LogP contribution in [0, 0.1) is 0 Å². The number of benzene rings is 1. The molecule has 1 aromatic carbocycles. The maximum atomic E-state index is 12.9. The molecule has 2 saturated heterocycles. The van der Waals surface area contributed by atoms with E-state index in [-0.39, 0.29) is 36.1 Å². The van der Waals surface area contributed by atoms with Crippen molar-refractivity contribution < 1.29 is 22.7 Å². The van der Waals surface area contributed by atoms with Crippen LogP contribution in [0.5, 0.6) is 11.5 Å². The van der Waals surface area contributed by atoms with E-state index in [1.165, 1.54) is 6.42 Å². The van der Waals surface area contributed by atoms with Crippen LogP contribution in [0.25, 0.3) is 6.08 Å². The summed E-state index contributed by atoms with van der Waals surface area (Å²) in [5.41, 5.74) is 1.28. The number of hydrogen-bond acceptors (Lipinski definition) is 6. The minimum atomic E-state index is -3.15. The van der Waals surface area contributed by atoms with E-state index >= 15 is 0 Å². The number of sulfone groups is 1. The van der Waals surface area contributed by atoms with Crippen molar-refractivity contribution in [3.63, 3.8) is 0 Å². The average molecular weight is 421 g/mol. The highest BCUT2D eigenvalue weighted by Crippen LogP contribution is 2.36. The van der Waals surface area contributed by atoms with Crippen molar-refractivity contribution in [3.05, 3.63) is 29.3 Å². The van der Waals surface area contributed by atoms with Gasteiger partial charge in [-0.25, -0.2) is 8.42 Å². The van der Waals surface area contributed by atoms with E-state index < -0.39 is 9.84 Å². The first-order chi connectivity index (χ1) is 14.0. The summed E-state index contributed by atoms with van der Waals surface area (Å²) in [5, 5.41) is 2.98. The molecule has 1 aromatic rings. The molecule has 2 fully saturated rings. The van der Waals surface area contributed by atoms with Crippen LogP contribution < -0.4 is 14.8 Å². The molecule has 0 aromatic heterocycles. The van der Waals surface area contributed by atoms with Crippen molar-refractivity contribution in [3.8, 4) is 11.5 Å². The molecule has 0 unspecified atom stereocenters. The van der Waals surface area contributed by atoms with E-state index in [0.717, 1.165) is 31.5 Å². The van der Waals surface area contributed by atoms with Gasteiger partial charge in [-0.05, 0) is 45.0 Å². The van der Waals surface area contributed by atoms with Crippen molar-refractivity contribution in [1.82, 2.24) is 10.2 Å². The van der Waals surface area contributed by atoms with Crippen LogP contribution in [-0.4, -0.2) is 69.1 Å². The summed E-state index contributed by atoms with van der Waals surface area (Å²) in [6.07, 6.45) is 5.14. The van der Waals surface area contributed by atoms with Crippen molar-refractivity contribution in [1.29, 1.82) is 0 Å². The molecule has 3 aliphatic heterocycles. The van der Waals surface area contributed by atoms with Crippen molar-refractivity contribution in [2.75, 3.05) is 37.8 Å². The lowest BCUT2D eigenvalue weighted by Gasteiger charge is -2.35. The Kier molecular flexibility index (Phi) is 5.83. The van der Waals surface area contributed by atoms with Crippen LogP contribution >= 0.6 is 0 Å². The summed E-state index contributed by atoms with van der Waals surface area (Å²) in [5.74, 6) is 1.16. The lowest BCUT2D eigenvalue weighted by Crippen LogP contribution is -2.52. The summed E-state index contributed by atoms with van der Waals surface area (Å²) >= 11 is 0. The van der Waals surface area contributed by atoms with E-state index in [9.17, 15) is 13.2 Å². The van der Waals surface area contributed by atoms with Gasteiger partial charge in [0.2, 0.25) is 0 Å². The molecule has 7 nitrogen and oxygen atoms in total. The Hall–Kier alpha value is -2.06. The number of carbonyl (C=O) groups excluding carboxylic acids is 1.